The number of hydrogen-bond donors (Lipinski definition) is 1. The summed E-state index contributed by atoms with van der Waals surface area (Å²) in [6.45, 7) is 3.83. The fourth-order valence-electron chi connectivity index (χ4n) is 3.25. The third kappa shape index (κ3) is 1.91. The Bertz CT molecular complexity index is 629. The largest absolute Gasteiger partial charge is 0.336 e. The second kappa shape index (κ2) is 4.49. The number of pyridine rings is 1. The monoisotopic (exact) mass is 288 g/mol. The molecule has 0 bridgehead atoms. The molecule has 1 amide bonds. The van der Waals surface area contributed by atoms with E-state index in [2.05, 4.69) is 15.3 Å². The maximum Gasteiger partial charge on any atom is 0.282 e. The van der Waals surface area contributed by atoms with E-state index >= 15 is 0 Å². The van der Waals surface area contributed by atoms with Crippen LogP contribution in [0.3, 0.4) is 0 Å². The summed E-state index contributed by atoms with van der Waals surface area (Å²) in [6, 6.07) is 3.76. The fourth-order valence-corrected chi connectivity index (χ4v) is 4.12. The Labute approximate surface area is 121 Å². The molecular formula is C14H16N4OS. The van der Waals surface area contributed by atoms with Crippen LogP contribution in [-0.4, -0.2) is 47.0 Å². The predicted octanol–water partition coefficient (Wildman–Crippen LogP) is 1.52. The minimum Gasteiger partial charge on any atom is -0.336 e. The van der Waals surface area contributed by atoms with Gasteiger partial charge in [0.25, 0.3) is 5.91 Å². The number of rotatable bonds is 1. The molecule has 1 unspecified atom stereocenters. The number of nitrogens with one attached hydrogen (secondary N) is 1. The van der Waals surface area contributed by atoms with Crippen LogP contribution in [0.2, 0.25) is 0 Å². The second-order valence-corrected chi connectivity index (χ2v) is 6.73. The van der Waals surface area contributed by atoms with E-state index < -0.39 is 0 Å². The fraction of sp³-hybridized carbons (Fsp3) is 0.500. The van der Waals surface area contributed by atoms with Gasteiger partial charge in [-0.15, -0.1) is 0 Å². The summed E-state index contributed by atoms with van der Waals surface area (Å²) >= 11 is 1.39. The van der Waals surface area contributed by atoms with Crippen LogP contribution in [0.5, 0.6) is 0 Å². The van der Waals surface area contributed by atoms with Crippen LogP contribution < -0.4 is 5.32 Å². The van der Waals surface area contributed by atoms with E-state index in [1.54, 1.807) is 6.20 Å². The van der Waals surface area contributed by atoms with Crippen molar-refractivity contribution in [3.63, 3.8) is 0 Å². The summed E-state index contributed by atoms with van der Waals surface area (Å²) in [5.74, 6) is 0.0665. The number of thiazole rings is 1. The number of likely N-dealkylation sites (tertiary alicyclic amines) is 1. The maximum absolute atomic E-state index is 12.6. The van der Waals surface area contributed by atoms with E-state index in [9.17, 15) is 4.79 Å². The highest BCUT2D eigenvalue weighted by atomic mass is 32.1. The average molecular weight is 288 g/mol. The molecule has 0 radical (unpaired) electrons. The molecule has 1 spiro atoms. The minimum atomic E-state index is 0.0665. The van der Waals surface area contributed by atoms with Crippen LogP contribution in [0.4, 0.5) is 0 Å². The number of carbonyl (C=O) groups is 1. The number of amides is 1. The highest BCUT2D eigenvalue weighted by Gasteiger charge is 2.42. The Balaban J connectivity index is 1.58. The predicted molar refractivity (Wildman–Crippen MR) is 77.9 cm³/mol. The van der Waals surface area contributed by atoms with E-state index in [1.807, 2.05) is 17.0 Å². The first-order valence-corrected chi connectivity index (χ1v) is 7.79. The van der Waals surface area contributed by atoms with Crippen LogP contribution in [-0.2, 0) is 0 Å². The Morgan fingerprint density at radius 3 is 3.20 bits per heavy atom. The Kier molecular flexibility index (Phi) is 2.75. The molecule has 2 aliphatic rings. The van der Waals surface area contributed by atoms with E-state index in [0.717, 1.165) is 42.9 Å². The number of fused-ring (bicyclic) bond motifs is 1. The second-order valence-electron chi connectivity index (χ2n) is 5.75. The van der Waals surface area contributed by atoms with Gasteiger partial charge in [0.2, 0.25) is 0 Å². The summed E-state index contributed by atoms with van der Waals surface area (Å²) in [6.07, 6.45) is 4.02. The molecule has 0 saturated carbocycles. The summed E-state index contributed by atoms with van der Waals surface area (Å²) < 4.78 is 0. The summed E-state index contributed by atoms with van der Waals surface area (Å²) in [4.78, 5) is 24.1. The third-order valence-corrected chi connectivity index (χ3v) is 5.37. The zero-order valence-corrected chi connectivity index (χ0v) is 11.9. The van der Waals surface area contributed by atoms with Crippen molar-refractivity contribution in [1.82, 2.24) is 20.2 Å². The van der Waals surface area contributed by atoms with Gasteiger partial charge in [-0.2, -0.15) is 0 Å². The SMILES string of the molecule is O=C(c1nc2cccnc2s1)N1CCC2(CCNC2)C1. The first-order chi connectivity index (χ1) is 9.76. The molecule has 5 nitrogen and oxygen atoms in total. The standard InChI is InChI=1S/C14H16N4OS/c19-13(12-17-10-2-1-5-16-11(10)20-12)18-7-4-14(9-18)3-6-15-8-14/h1-2,5,15H,3-4,6-9H2. The van der Waals surface area contributed by atoms with Gasteiger partial charge in [0.15, 0.2) is 5.01 Å². The van der Waals surface area contributed by atoms with Crippen LogP contribution >= 0.6 is 11.3 Å². The number of nitrogens with zero attached hydrogens (tertiary/aromatic N) is 3. The van der Waals surface area contributed by atoms with Crippen LogP contribution in [0, 0.1) is 5.41 Å². The first kappa shape index (κ1) is 12.2. The molecule has 20 heavy (non-hydrogen) atoms. The van der Waals surface area contributed by atoms with Crippen molar-refractivity contribution in [2.75, 3.05) is 26.2 Å². The lowest BCUT2D eigenvalue weighted by molar-refractivity contribution is 0.0775. The highest BCUT2D eigenvalue weighted by molar-refractivity contribution is 7.19. The molecule has 6 heteroatoms. The van der Waals surface area contributed by atoms with Crippen molar-refractivity contribution in [3.8, 4) is 0 Å². The van der Waals surface area contributed by atoms with Crippen molar-refractivity contribution in [1.29, 1.82) is 0 Å². The molecule has 2 aromatic rings. The molecule has 0 aromatic carbocycles. The topological polar surface area (TPSA) is 58.1 Å². The zero-order chi connectivity index (χ0) is 13.6. The maximum atomic E-state index is 12.6. The van der Waals surface area contributed by atoms with Crippen LogP contribution in [0.1, 0.15) is 22.6 Å². The van der Waals surface area contributed by atoms with Crippen molar-refractivity contribution < 1.29 is 4.79 Å². The van der Waals surface area contributed by atoms with Gasteiger partial charge in [-0.05, 0) is 31.5 Å². The molecule has 2 saturated heterocycles. The highest BCUT2D eigenvalue weighted by Crippen LogP contribution is 2.36. The van der Waals surface area contributed by atoms with Gasteiger partial charge in [0, 0.05) is 31.2 Å². The lowest BCUT2D eigenvalue weighted by Gasteiger charge is -2.22. The number of hydrogen-bond acceptors (Lipinski definition) is 5. The zero-order valence-electron chi connectivity index (χ0n) is 11.1. The van der Waals surface area contributed by atoms with Crippen LogP contribution in [0.15, 0.2) is 18.3 Å². The average Bonchev–Trinajstić information content (AvgIpc) is 3.19. The molecule has 1 atom stereocenters. The van der Waals surface area contributed by atoms with Gasteiger partial charge in [-0.1, -0.05) is 11.3 Å². The van der Waals surface area contributed by atoms with E-state index in [0.29, 0.717) is 10.4 Å². The Morgan fingerprint density at radius 2 is 2.40 bits per heavy atom. The van der Waals surface area contributed by atoms with Gasteiger partial charge in [-0.25, -0.2) is 9.97 Å². The van der Waals surface area contributed by atoms with Crippen LogP contribution in [0.25, 0.3) is 10.3 Å². The third-order valence-electron chi connectivity index (χ3n) is 4.41. The molecule has 0 aliphatic carbocycles. The number of carbonyl (C=O) groups excluding carboxylic acids is 1. The van der Waals surface area contributed by atoms with Gasteiger partial charge in [0.1, 0.15) is 10.3 Å². The van der Waals surface area contributed by atoms with Gasteiger partial charge in [-0.3, -0.25) is 4.79 Å². The molecule has 2 aromatic heterocycles. The van der Waals surface area contributed by atoms with E-state index in [4.69, 9.17) is 0 Å². The smallest absolute Gasteiger partial charge is 0.282 e. The molecular weight excluding hydrogens is 272 g/mol. The summed E-state index contributed by atoms with van der Waals surface area (Å²) in [5.41, 5.74) is 1.13. The molecule has 4 rings (SSSR count). The minimum absolute atomic E-state index is 0.0665. The van der Waals surface area contributed by atoms with E-state index in [-0.39, 0.29) is 5.91 Å². The van der Waals surface area contributed by atoms with E-state index in [1.165, 1.54) is 17.8 Å². The quantitative estimate of drug-likeness (QED) is 0.864. The lowest BCUT2D eigenvalue weighted by Crippen LogP contribution is -2.33. The van der Waals surface area contributed by atoms with Gasteiger partial charge >= 0.3 is 0 Å². The van der Waals surface area contributed by atoms with Gasteiger partial charge < -0.3 is 10.2 Å². The molecule has 1 N–H and O–H groups in total. The first-order valence-electron chi connectivity index (χ1n) is 6.97. The Morgan fingerprint density at radius 1 is 1.45 bits per heavy atom. The molecule has 4 heterocycles. The van der Waals surface area contributed by atoms with Gasteiger partial charge in [0.05, 0.1) is 0 Å². The lowest BCUT2D eigenvalue weighted by atomic mass is 9.87. The van der Waals surface area contributed by atoms with Crippen molar-refractivity contribution >= 4 is 27.6 Å². The normalized spacial score (nSPS) is 25.9. The molecule has 2 aliphatic heterocycles. The summed E-state index contributed by atoms with van der Waals surface area (Å²) in [5, 5.41) is 3.99. The molecule has 2 fully saturated rings. The van der Waals surface area contributed by atoms with Crippen molar-refractivity contribution in [2.45, 2.75) is 12.8 Å². The number of aromatic nitrogens is 2. The van der Waals surface area contributed by atoms with Crippen molar-refractivity contribution in [2.24, 2.45) is 5.41 Å². The molecule has 104 valence electrons. The summed E-state index contributed by atoms with van der Waals surface area (Å²) in [7, 11) is 0. The van der Waals surface area contributed by atoms with Crippen molar-refractivity contribution in [3.05, 3.63) is 23.3 Å². The Hall–Kier alpha value is -1.53.